The van der Waals surface area contributed by atoms with Gasteiger partial charge in [-0.15, -0.1) is 0 Å². The smallest absolute Gasteiger partial charge is 0.322 e. The van der Waals surface area contributed by atoms with Crippen LogP contribution in [0.1, 0.15) is 26.3 Å². The van der Waals surface area contributed by atoms with E-state index in [4.69, 9.17) is 10.5 Å². The van der Waals surface area contributed by atoms with Gasteiger partial charge in [0.2, 0.25) is 0 Å². The van der Waals surface area contributed by atoms with Crippen molar-refractivity contribution in [2.24, 2.45) is 0 Å². The van der Waals surface area contributed by atoms with Crippen LogP contribution in [0, 0.1) is 6.92 Å². The Balaban J connectivity index is 1.51. The number of anilines is 2. The van der Waals surface area contributed by atoms with Crippen molar-refractivity contribution < 1.29 is 9.53 Å². The lowest BCUT2D eigenvalue weighted by Gasteiger charge is -2.41. The summed E-state index contributed by atoms with van der Waals surface area (Å²) in [6.07, 6.45) is 5.69. The standard InChI is InChI=1S/C22H27N5O2/c1-14-17(15-10-18(23)20-24-8-9-26(20)11-15)6-5-7-19(14)25-21(28)27-12-16(13-27)29-22(2,3)4/h5-11,16H,12-13,23H2,1-4H3,(H,25,28). The van der Waals surface area contributed by atoms with Gasteiger partial charge in [0.15, 0.2) is 5.65 Å². The Kier molecular flexibility index (Phi) is 4.70. The van der Waals surface area contributed by atoms with Crippen molar-refractivity contribution in [1.82, 2.24) is 14.3 Å². The summed E-state index contributed by atoms with van der Waals surface area (Å²) >= 11 is 0. The van der Waals surface area contributed by atoms with Gasteiger partial charge in [0, 0.05) is 29.8 Å². The van der Waals surface area contributed by atoms with Gasteiger partial charge < -0.3 is 25.1 Å². The van der Waals surface area contributed by atoms with Crippen molar-refractivity contribution in [1.29, 1.82) is 0 Å². The zero-order valence-corrected chi connectivity index (χ0v) is 17.3. The monoisotopic (exact) mass is 393 g/mol. The van der Waals surface area contributed by atoms with Crippen LogP contribution in [-0.4, -0.2) is 45.1 Å². The van der Waals surface area contributed by atoms with Crippen LogP contribution in [0.15, 0.2) is 42.9 Å². The number of pyridine rings is 1. The van der Waals surface area contributed by atoms with Gasteiger partial charge in [-0.1, -0.05) is 12.1 Å². The first-order valence-corrected chi connectivity index (χ1v) is 9.77. The van der Waals surface area contributed by atoms with Crippen molar-refractivity contribution in [3.05, 3.63) is 48.4 Å². The lowest BCUT2D eigenvalue weighted by atomic mass is 10.00. The van der Waals surface area contributed by atoms with E-state index in [2.05, 4.69) is 10.3 Å². The number of likely N-dealkylation sites (tertiary alicyclic amines) is 1. The van der Waals surface area contributed by atoms with Crippen LogP contribution in [-0.2, 0) is 4.74 Å². The molecule has 1 aliphatic rings. The number of nitrogens with two attached hydrogens (primary N) is 1. The molecular formula is C22H27N5O2. The minimum Gasteiger partial charge on any atom is -0.396 e. The molecule has 3 N–H and O–H groups in total. The van der Waals surface area contributed by atoms with Gasteiger partial charge in [-0.2, -0.15) is 0 Å². The fraction of sp³-hybridized carbons (Fsp3) is 0.364. The number of urea groups is 1. The van der Waals surface area contributed by atoms with Crippen molar-refractivity contribution in [2.75, 3.05) is 24.1 Å². The highest BCUT2D eigenvalue weighted by Crippen LogP contribution is 2.31. The Morgan fingerprint density at radius 3 is 2.79 bits per heavy atom. The normalized spacial score (nSPS) is 14.8. The summed E-state index contributed by atoms with van der Waals surface area (Å²) in [6.45, 7) is 9.29. The second-order valence-corrected chi connectivity index (χ2v) is 8.51. The molecule has 0 spiro atoms. The second kappa shape index (κ2) is 7.08. The topological polar surface area (TPSA) is 84.9 Å². The molecule has 0 saturated carbocycles. The van der Waals surface area contributed by atoms with E-state index in [1.54, 1.807) is 11.1 Å². The predicted octanol–water partition coefficient (Wildman–Crippen LogP) is 3.92. The van der Waals surface area contributed by atoms with Gasteiger partial charge in [0.1, 0.15) is 0 Å². The molecule has 7 nitrogen and oxygen atoms in total. The van der Waals surface area contributed by atoms with Crippen LogP contribution >= 0.6 is 0 Å². The molecule has 0 atom stereocenters. The van der Waals surface area contributed by atoms with Gasteiger partial charge in [0.25, 0.3) is 0 Å². The first-order valence-electron chi connectivity index (χ1n) is 9.77. The molecular weight excluding hydrogens is 366 g/mol. The number of nitrogen functional groups attached to an aromatic ring is 1. The SMILES string of the molecule is Cc1c(NC(=O)N2CC(OC(C)(C)C)C2)cccc1-c1cc(N)c2nccn2c1. The Morgan fingerprint density at radius 2 is 2.07 bits per heavy atom. The molecule has 152 valence electrons. The average Bonchev–Trinajstić information content (AvgIpc) is 3.08. The number of hydrogen-bond donors (Lipinski definition) is 2. The zero-order chi connectivity index (χ0) is 20.8. The lowest BCUT2D eigenvalue weighted by Crippen LogP contribution is -2.57. The fourth-order valence-electron chi connectivity index (χ4n) is 3.66. The third kappa shape index (κ3) is 3.91. The summed E-state index contributed by atoms with van der Waals surface area (Å²) in [5, 5.41) is 3.03. The van der Waals surface area contributed by atoms with Crippen LogP contribution in [0.4, 0.5) is 16.2 Å². The maximum absolute atomic E-state index is 12.6. The first-order chi connectivity index (χ1) is 13.7. The lowest BCUT2D eigenvalue weighted by molar-refractivity contribution is -0.110. The largest absolute Gasteiger partial charge is 0.396 e. The number of aromatic nitrogens is 2. The van der Waals surface area contributed by atoms with E-state index in [1.807, 2.05) is 68.8 Å². The maximum Gasteiger partial charge on any atom is 0.322 e. The molecule has 4 rings (SSSR count). The van der Waals surface area contributed by atoms with Crippen LogP contribution in [0.2, 0.25) is 0 Å². The van der Waals surface area contributed by atoms with Crippen molar-refractivity contribution in [2.45, 2.75) is 39.4 Å². The Labute approximate surface area is 170 Å². The zero-order valence-electron chi connectivity index (χ0n) is 17.3. The minimum atomic E-state index is -0.198. The Hall–Kier alpha value is -3.06. The summed E-state index contributed by atoms with van der Waals surface area (Å²) in [5.41, 5.74) is 11.1. The van der Waals surface area contributed by atoms with Crippen molar-refractivity contribution in [3.8, 4) is 11.1 Å². The molecule has 2 amide bonds. The van der Waals surface area contributed by atoms with E-state index in [-0.39, 0.29) is 17.7 Å². The van der Waals surface area contributed by atoms with E-state index in [9.17, 15) is 4.79 Å². The molecule has 0 bridgehead atoms. The number of rotatable bonds is 3. The number of carbonyl (C=O) groups excluding carboxylic acids is 1. The molecule has 3 heterocycles. The third-order valence-electron chi connectivity index (χ3n) is 5.06. The number of nitrogens with one attached hydrogen (secondary N) is 1. The number of carbonyl (C=O) groups is 1. The first kappa shape index (κ1) is 19.3. The molecule has 3 aromatic rings. The number of ether oxygens (including phenoxy) is 1. The third-order valence-corrected chi connectivity index (χ3v) is 5.06. The molecule has 1 fully saturated rings. The number of fused-ring (bicyclic) bond motifs is 1. The van der Waals surface area contributed by atoms with E-state index < -0.39 is 0 Å². The van der Waals surface area contributed by atoms with Gasteiger partial charge in [-0.05, 0) is 51.0 Å². The Bertz CT molecular complexity index is 1060. The molecule has 0 aliphatic carbocycles. The van der Waals surface area contributed by atoms with Crippen molar-refractivity contribution >= 4 is 23.1 Å². The highest BCUT2D eigenvalue weighted by Gasteiger charge is 2.34. The van der Waals surface area contributed by atoms with E-state index in [1.165, 1.54) is 0 Å². The van der Waals surface area contributed by atoms with Crippen LogP contribution in [0.25, 0.3) is 16.8 Å². The summed E-state index contributed by atoms with van der Waals surface area (Å²) in [5.74, 6) is 0. The molecule has 2 aromatic heterocycles. The number of benzene rings is 1. The van der Waals surface area contributed by atoms with E-state index in [0.717, 1.165) is 28.0 Å². The molecule has 0 radical (unpaired) electrons. The summed E-state index contributed by atoms with van der Waals surface area (Å²) < 4.78 is 7.81. The number of imidazole rings is 1. The summed E-state index contributed by atoms with van der Waals surface area (Å²) in [7, 11) is 0. The maximum atomic E-state index is 12.6. The van der Waals surface area contributed by atoms with Gasteiger partial charge in [-0.25, -0.2) is 9.78 Å². The van der Waals surface area contributed by atoms with Crippen LogP contribution in [0.3, 0.4) is 0 Å². The highest BCUT2D eigenvalue weighted by molar-refractivity contribution is 5.92. The van der Waals surface area contributed by atoms with Crippen molar-refractivity contribution in [3.63, 3.8) is 0 Å². The molecule has 7 heteroatoms. The molecule has 1 aliphatic heterocycles. The van der Waals surface area contributed by atoms with Gasteiger partial charge in [0.05, 0.1) is 30.5 Å². The number of nitrogens with zero attached hydrogens (tertiary/aromatic N) is 3. The molecule has 1 saturated heterocycles. The number of hydrogen-bond acceptors (Lipinski definition) is 4. The average molecular weight is 393 g/mol. The highest BCUT2D eigenvalue weighted by atomic mass is 16.5. The minimum absolute atomic E-state index is 0.0954. The Morgan fingerprint density at radius 1 is 1.31 bits per heavy atom. The number of amides is 2. The summed E-state index contributed by atoms with van der Waals surface area (Å²) in [4.78, 5) is 18.6. The fourth-order valence-corrected chi connectivity index (χ4v) is 3.66. The molecule has 0 unspecified atom stereocenters. The summed E-state index contributed by atoms with van der Waals surface area (Å²) in [6, 6.07) is 7.69. The second-order valence-electron chi connectivity index (χ2n) is 8.51. The molecule has 1 aromatic carbocycles. The van der Waals surface area contributed by atoms with Gasteiger partial charge >= 0.3 is 6.03 Å². The quantitative estimate of drug-likeness (QED) is 0.706. The van der Waals surface area contributed by atoms with E-state index >= 15 is 0 Å². The predicted molar refractivity (Wildman–Crippen MR) is 115 cm³/mol. The van der Waals surface area contributed by atoms with E-state index in [0.29, 0.717) is 18.8 Å². The molecule has 29 heavy (non-hydrogen) atoms. The van der Waals surface area contributed by atoms with Crippen LogP contribution < -0.4 is 11.1 Å². The van der Waals surface area contributed by atoms with Gasteiger partial charge in [-0.3, -0.25) is 0 Å². The van der Waals surface area contributed by atoms with Crippen LogP contribution in [0.5, 0.6) is 0 Å².